The zero-order valence-electron chi connectivity index (χ0n) is 21.1. The quantitative estimate of drug-likeness (QED) is 0.457. The summed E-state index contributed by atoms with van der Waals surface area (Å²) in [5, 5.41) is 4.39. The van der Waals surface area contributed by atoms with E-state index in [4.69, 9.17) is 4.74 Å². The summed E-state index contributed by atoms with van der Waals surface area (Å²) in [5.41, 5.74) is 1.10. The molecule has 2 fully saturated rings. The van der Waals surface area contributed by atoms with Gasteiger partial charge in [0.2, 0.25) is 0 Å². The Morgan fingerprint density at radius 1 is 0.897 bits per heavy atom. The van der Waals surface area contributed by atoms with E-state index in [1.807, 2.05) is 0 Å². The van der Waals surface area contributed by atoms with Gasteiger partial charge in [0.25, 0.3) is 0 Å². The van der Waals surface area contributed by atoms with Gasteiger partial charge in [0.05, 0.1) is 0 Å². The van der Waals surface area contributed by atoms with Crippen LogP contribution in [0.3, 0.4) is 0 Å². The van der Waals surface area contributed by atoms with Gasteiger partial charge in [-0.3, -0.25) is 0 Å². The molecule has 0 spiro atoms. The number of nitrogens with one attached hydrogen (secondary N) is 1. The van der Waals surface area contributed by atoms with Crippen molar-refractivity contribution in [2.24, 2.45) is 39.9 Å². The highest BCUT2D eigenvalue weighted by Crippen LogP contribution is 2.51. The number of thioether (sulfide) groups is 1. The summed E-state index contributed by atoms with van der Waals surface area (Å²) in [5.74, 6) is 3.19. The summed E-state index contributed by atoms with van der Waals surface area (Å²) < 4.78 is 5.70. The van der Waals surface area contributed by atoms with Gasteiger partial charge in [-0.25, -0.2) is 0 Å². The maximum atomic E-state index is 5.70. The maximum Gasteiger partial charge on any atom is 0.0468 e. The molecular weight excluding hydrogens is 374 g/mol. The van der Waals surface area contributed by atoms with E-state index in [0.29, 0.717) is 16.2 Å². The highest BCUT2D eigenvalue weighted by atomic mass is 32.2. The van der Waals surface area contributed by atoms with Crippen LogP contribution in [0.5, 0.6) is 0 Å². The normalized spacial score (nSPS) is 25.8. The van der Waals surface area contributed by atoms with Crippen molar-refractivity contribution in [3.8, 4) is 0 Å². The zero-order chi connectivity index (χ0) is 21.9. The SMILES string of the molecule is CSC(CCC(C)(C)C(C1CCNC1)C(C)(C)C)C(C1CCOCC1)C(C)(C)C. The maximum absolute atomic E-state index is 5.70. The van der Waals surface area contributed by atoms with Crippen molar-refractivity contribution in [3.05, 3.63) is 0 Å². The highest BCUT2D eigenvalue weighted by molar-refractivity contribution is 7.99. The van der Waals surface area contributed by atoms with Crippen LogP contribution in [-0.2, 0) is 4.74 Å². The summed E-state index contributed by atoms with van der Waals surface area (Å²) in [7, 11) is 0. The van der Waals surface area contributed by atoms with Gasteiger partial charge in [0.1, 0.15) is 0 Å². The van der Waals surface area contributed by atoms with Gasteiger partial charge in [0, 0.05) is 18.5 Å². The molecule has 0 radical (unpaired) electrons. The molecule has 0 aromatic heterocycles. The molecule has 4 unspecified atom stereocenters. The Kier molecular flexibility index (Phi) is 9.03. The summed E-state index contributed by atoms with van der Waals surface area (Å²) >= 11 is 2.14. The molecule has 1 N–H and O–H groups in total. The van der Waals surface area contributed by atoms with Crippen LogP contribution in [-0.4, -0.2) is 37.8 Å². The minimum Gasteiger partial charge on any atom is -0.381 e. The number of hydrogen-bond donors (Lipinski definition) is 1. The average Bonchev–Trinajstić information content (AvgIpc) is 3.10. The highest BCUT2D eigenvalue weighted by Gasteiger charge is 2.45. The molecule has 2 saturated heterocycles. The van der Waals surface area contributed by atoms with Crippen LogP contribution >= 0.6 is 11.8 Å². The van der Waals surface area contributed by atoms with Crippen molar-refractivity contribution in [3.63, 3.8) is 0 Å². The Bertz CT molecular complexity index is 478. The Morgan fingerprint density at radius 3 is 1.97 bits per heavy atom. The zero-order valence-corrected chi connectivity index (χ0v) is 21.9. The van der Waals surface area contributed by atoms with Crippen molar-refractivity contribution < 1.29 is 4.74 Å². The molecule has 0 bridgehead atoms. The molecule has 0 aliphatic carbocycles. The molecule has 2 aliphatic heterocycles. The molecule has 29 heavy (non-hydrogen) atoms. The molecular formula is C26H51NOS. The van der Waals surface area contributed by atoms with Gasteiger partial charge in [-0.05, 0) is 91.4 Å². The number of hydrogen-bond acceptors (Lipinski definition) is 3. The van der Waals surface area contributed by atoms with Gasteiger partial charge in [0.15, 0.2) is 0 Å². The third kappa shape index (κ3) is 6.88. The van der Waals surface area contributed by atoms with Crippen LogP contribution in [0, 0.1) is 39.9 Å². The lowest BCUT2D eigenvalue weighted by molar-refractivity contribution is 0.00987. The van der Waals surface area contributed by atoms with Crippen molar-refractivity contribution in [1.29, 1.82) is 0 Å². The van der Waals surface area contributed by atoms with Gasteiger partial charge in [-0.1, -0.05) is 55.4 Å². The number of ether oxygens (including phenoxy) is 1. The van der Waals surface area contributed by atoms with Gasteiger partial charge in [-0.2, -0.15) is 11.8 Å². The van der Waals surface area contributed by atoms with Gasteiger partial charge < -0.3 is 10.1 Å². The molecule has 172 valence electrons. The van der Waals surface area contributed by atoms with E-state index in [-0.39, 0.29) is 0 Å². The predicted octanol–water partition coefficient (Wildman–Crippen LogP) is 6.89. The molecule has 0 aromatic rings. The average molecular weight is 426 g/mol. The standard InChI is InChI=1S/C26H51NOS/c1-24(2,3)22(19-12-16-28-17-13-19)21(29-9)10-14-26(7,8)23(25(4,5)6)20-11-15-27-18-20/h19-23,27H,10-18H2,1-9H3. The molecule has 4 atom stereocenters. The summed E-state index contributed by atoms with van der Waals surface area (Å²) in [6.07, 6.45) is 8.90. The van der Waals surface area contributed by atoms with Crippen LogP contribution < -0.4 is 5.32 Å². The van der Waals surface area contributed by atoms with Crippen molar-refractivity contribution >= 4 is 11.8 Å². The van der Waals surface area contributed by atoms with Gasteiger partial charge in [-0.15, -0.1) is 0 Å². The van der Waals surface area contributed by atoms with E-state index in [2.05, 4.69) is 78.7 Å². The fourth-order valence-electron chi connectivity index (χ4n) is 7.24. The first-order chi connectivity index (χ1) is 13.4. The van der Waals surface area contributed by atoms with Crippen molar-refractivity contribution in [2.45, 2.75) is 92.7 Å². The van der Waals surface area contributed by atoms with Gasteiger partial charge >= 0.3 is 0 Å². The second kappa shape index (κ2) is 10.3. The van der Waals surface area contributed by atoms with Crippen LogP contribution in [0.2, 0.25) is 0 Å². The third-order valence-electron chi connectivity index (χ3n) is 7.90. The Morgan fingerprint density at radius 2 is 1.52 bits per heavy atom. The smallest absolute Gasteiger partial charge is 0.0468 e. The van der Waals surface area contributed by atoms with Crippen LogP contribution in [0.4, 0.5) is 0 Å². The minimum absolute atomic E-state index is 0.360. The fraction of sp³-hybridized carbons (Fsp3) is 1.00. The monoisotopic (exact) mass is 425 g/mol. The lowest BCUT2D eigenvalue weighted by Gasteiger charge is -2.48. The minimum atomic E-state index is 0.360. The summed E-state index contributed by atoms with van der Waals surface area (Å²) in [4.78, 5) is 0. The first-order valence-corrected chi connectivity index (χ1v) is 13.5. The largest absolute Gasteiger partial charge is 0.381 e. The second-order valence-electron chi connectivity index (χ2n) is 12.7. The van der Waals surface area contributed by atoms with E-state index in [0.717, 1.165) is 42.1 Å². The second-order valence-corrected chi connectivity index (χ2v) is 13.8. The Labute approximate surface area is 187 Å². The molecule has 0 aromatic carbocycles. The lowest BCUT2D eigenvalue weighted by Crippen LogP contribution is -2.43. The Hall–Kier alpha value is 0.270. The Balaban J connectivity index is 2.15. The first kappa shape index (κ1) is 25.5. The van der Waals surface area contributed by atoms with E-state index < -0.39 is 0 Å². The molecule has 0 saturated carbocycles. The molecule has 2 aliphatic rings. The molecule has 2 nitrogen and oxygen atoms in total. The topological polar surface area (TPSA) is 21.3 Å². The first-order valence-electron chi connectivity index (χ1n) is 12.2. The van der Waals surface area contributed by atoms with Crippen LogP contribution in [0.15, 0.2) is 0 Å². The van der Waals surface area contributed by atoms with Crippen molar-refractivity contribution in [2.75, 3.05) is 32.6 Å². The van der Waals surface area contributed by atoms with E-state index in [9.17, 15) is 0 Å². The molecule has 3 heteroatoms. The summed E-state index contributed by atoms with van der Waals surface area (Å²) in [6.45, 7) is 24.3. The fourth-order valence-corrected chi connectivity index (χ4v) is 8.51. The van der Waals surface area contributed by atoms with Crippen molar-refractivity contribution in [1.82, 2.24) is 5.32 Å². The third-order valence-corrected chi connectivity index (χ3v) is 9.03. The van der Waals surface area contributed by atoms with Crippen LogP contribution in [0.25, 0.3) is 0 Å². The van der Waals surface area contributed by atoms with E-state index in [1.54, 1.807) is 0 Å². The van der Waals surface area contributed by atoms with E-state index in [1.165, 1.54) is 45.2 Å². The molecule has 0 amide bonds. The molecule has 2 heterocycles. The van der Waals surface area contributed by atoms with E-state index >= 15 is 0 Å². The lowest BCUT2D eigenvalue weighted by atomic mass is 9.58. The molecule has 2 rings (SSSR count). The van der Waals surface area contributed by atoms with Crippen LogP contribution in [0.1, 0.15) is 87.5 Å². The number of rotatable bonds is 8. The predicted molar refractivity (Wildman–Crippen MR) is 131 cm³/mol. The summed E-state index contributed by atoms with van der Waals surface area (Å²) in [6, 6.07) is 0.